The molecule has 2 heterocycles. The number of carbonyl (C=O) groups excluding carboxylic acids is 1. The predicted molar refractivity (Wildman–Crippen MR) is 102 cm³/mol. The minimum Gasteiger partial charge on any atom is -0.358 e. The zero-order chi connectivity index (χ0) is 21.1. The Labute approximate surface area is 168 Å². The van der Waals surface area contributed by atoms with Crippen molar-refractivity contribution in [3.8, 4) is 0 Å². The Morgan fingerprint density at radius 3 is 2.45 bits per heavy atom. The molecular weight excluding hydrogens is 406 g/mol. The number of benzene rings is 1. The first-order valence-electron chi connectivity index (χ1n) is 8.19. The van der Waals surface area contributed by atoms with E-state index in [0.717, 1.165) is 10.2 Å². The van der Waals surface area contributed by atoms with Crippen molar-refractivity contribution in [1.82, 2.24) is 19.6 Å². The van der Waals surface area contributed by atoms with Crippen LogP contribution in [0.4, 0.5) is 17.3 Å². The molecule has 0 unspecified atom stereocenters. The summed E-state index contributed by atoms with van der Waals surface area (Å²) in [4.78, 5) is 32.4. The van der Waals surface area contributed by atoms with E-state index >= 15 is 0 Å². The quantitative estimate of drug-likeness (QED) is 0.456. The molecule has 13 heteroatoms. The average molecular weight is 420 g/mol. The Morgan fingerprint density at radius 1 is 1.17 bits per heavy atom. The van der Waals surface area contributed by atoms with Crippen LogP contribution in [0.15, 0.2) is 36.5 Å². The van der Waals surface area contributed by atoms with E-state index < -0.39 is 33.8 Å². The van der Waals surface area contributed by atoms with Crippen LogP contribution < -0.4 is 5.32 Å². The van der Waals surface area contributed by atoms with Crippen LogP contribution in [0.5, 0.6) is 0 Å². The highest BCUT2D eigenvalue weighted by molar-refractivity contribution is 6.33. The summed E-state index contributed by atoms with van der Waals surface area (Å²) in [6, 6.07) is 9.47. The summed E-state index contributed by atoms with van der Waals surface area (Å²) in [7, 11) is 0. The maximum Gasteiger partial charge on any atom is 0.468 e. The molecular formula is C16H14ClN7O5. The lowest BCUT2D eigenvalue weighted by molar-refractivity contribution is -0.424. The van der Waals surface area contributed by atoms with Crippen molar-refractivity contribution < 1.29 is 14.6 Å². The fraction of sp³-hybridized carbons (Fsp3) is 0.188. The van der Waals surface area contributed by atoms with Crippen LogP contribution in [0.3, 0.4) is 0 Å². The summed E-state index contributed by atoms with van der Waals surface area (Å²) < 4.78 is 2.43. The molecule has 0 aliphatic carbocycles. The Morgan fingerprint density at radius 2 is 1.86 bits per heavy atom. The van der Waals surface area contributed by atoms with Crippen molar-refractivity contribution in [3.63, 3.8) is 0 Å². The molecule has 150 valence electrons. The number of carbonyl (C=O) groups is 1. The van der Waals surface area contributed by atoms with Crippen molar-refractivity contribution in [1.29, 1.82) is 0 Å². The highest BCUT2D eigenvalue weighted by Crippen LogP contribution is 2.29. The minimum atomic E-state index is -0.971. The lowest BCUT2D eigenvalue weighted by atomic mass is 10.2. The second kappa shape index (κ2) is 8.06. The first-order valence-corrected chi connectivity index (χ1v) is 8.57. The SMILES string of the molecule is Cc1c([N+](=O)[O-])c([N+](=O)[O-])nn1CC(=O)Nc1nn(Cc2ccccc2)cc1Cl. The standard InChI is InChI=1S/C16H14ClN7O5/c1-10-14(23(26)27)16(24(28)29)20-22(10)9-13(25)18-15-12(17)8-21(19-15)7-11-5-3-2-4-6-11/h2-6,8H,7,9H2,1H3,(H,18,19,25). The number of halogens is 1. The summed E-state index contributed by atoms with van der Waals surface area (Å²) >= 11 is 6.10. The molecule has 0 radical (unpaired) electrons. The molecule has 0 aliphatic rings. The summed E-state index contributed by atoms with van der Waals surface area (Å²) in [5, 5.41) is 32.4. The molecule has 1 aromatic carbocycles. The van der Waals surface area contributed by atoms with Gasteiger partial charge < -0.3 is 15.4 Å². The Kier molecular flexibility index (Phi) is 5.54. The van der Waals surface area contributed by atoms with Crippen LogP contribution in [-0.2, 0) is 17.9 Å². The van der Waals surface area contributed by atoms with Gasteiger partial charge in [0.25, 0.3) is 0 Å². The van der Waals surface area contributed by atoms with E-state index in [-0.39, 0.29) is 16.5 Å². The molecule has 3 rings (SSSR count). The highest BCUT2D eigenvalue weighted by Gasteiger charge is 2.35. The zero-order valence-corrected chi connectivity index (χ0v) is 15.7. The second-order valence-corrected chi connectivity index (χ2v) is 6.39. The zero-order valence-electron chi connectivity index (χ0n) is 15.0. The predicted octanol–water partition coefficient (Wildman–Crippen LogP) is 2.54. The van der Waals surface area contributed by atoms with Gasteiger partial charge in [0.2, 0.25) is 5.91 Å². The lowest BCUT2D eigenvalue weighted by Crippen LogP contribution is -2.21. The molecule has 1 amide bonds. The Balaban J connectivity index is 1.74. The fourth-order valence-electron chi connectivity index (χ4n) is 2.65. The summed E-state index contributed by atoms with van der Waals surface area (Å²) in [5.74, 6) is -1.47. The van der Waals surface area contributed by atoms with Gasteiger partial charge >= 0.3 is 11.5 Å². The van der Waals surface area contributed by atoms with Gasteiger partial charge in [-0.05, 0) is 17.4 Å². The Bertz CT molecular complexity index is 1090. The third kappa shape index (κ3) is 4.38. The monoisotopic (exact) mass is 419 g/mol. The number of hydrogen-bond donors (Lipinski definition) is 1. The number of amides is 1. The highest BCUT2D eigenvalue weighted by atomic mass is 35.5. The van der Waals surface area contributed by atoms with E-state index in [1.165, 1.54) is 6.92 Å². The molecule has 3 aromatic rings. The molecule has 1 N–H and O–H groups in total. The Hall–Kier alpha value is -3.80. The molecule has 12 nitrogen and oxygen atoms in total. The van der Waals surface area contributed by atoms with Crippen molar-refractivity contribution in [2.24, 2.45) is 0 Å². The molecule has 0 bridgehead atoms. The van der Waals surface area contributed by atoms with E-state index in [9.17, 15) is 25.0 Å². The lowest BCUT2D eigenvalue weighted by Gasteiger charge is -2.03. The van der Waals surface area contributed by atoms with Gasteiger partial charge in [-0.2, -0.15) is 9.78 Å². The van der Waals surface area contributed by atoms with Crippen LogP contribution in [0.2, 0.25) is 5.02 Å². The van der Waals surface area contributed by atoms with Crippen LogP contribution in [0.1, 0.15) is 11.3 Å². The minimum absolute atomic E-state index is 0.0985. The molecule has 0 saturated heterocycles. The summed E-state index contributed by atoms with van der Waals surface area (Å²) in [5.41, 5.74) is 0.113. The normalized spacial score (nSPS) is 10.7. The van der Waals surface area contributed by atoms with Gasteiger partial charge in [-0.25, -0.2) is 0 Å². The van der Waals surface area contributed by atoms with Crippen LogP contribution in [0.25, 0.3) is 0 Å². The summed E-state index contributed by atoms with van der Waals surface area (Å²) in [6.45, 7) is 1.22. The molecule has 0 spiro atoms. The molecule has 0 saturated carbocycles. The number of nitro groups is 2. The maximum atomic E-state index is 12.3. The van der Waals surface area contributed by atoms with Gasteiger partial charge in [-0.3, -0.25) is 19.6 Å². The van der Waals surface area contributed by atoms with Crippen LogP contribution >= 0.6 is 11.6 Å². The number of nitrogens with zero attached hydrogens (tertiary/aromatic N) is 6. The van der Waals surface area contributed by atoms with Crippen LogP contribution in [0, 0.1) is 27.2 Å². The number of hydrogen-bond acceptors (Lipinski definition) is 7. The van der Waals surface area contributed by atoms with Crippen molar-refractivity contribution in [3.05, 3.63) is 73.0 Å². The smallest absolute Gasteiger partial charge is 0.358 e. The summed E-state index contributed by atoms with van der Waals surface area (Å²) in [6.07, 6.45) is 1.54. The van der Waals surface area contributed by atoms with Crippen LogP contribution in [-0.4, -0.2) is 35.3 Å². The van der Waals surface area contributed by atoms with Gasteiger partial charge in [-0.1, -0.05) is 41.9 Å². The molecule has 2 aromatic heterocycles. The topological polar surface area (TPSA) is 151 Å². The van der Waals surface area contributed by atoms with Gasteiger partial charge in [0, 0.05) is 6.20 Å². The first-order chi connectivity index (χ1) is 13.8. The van der Waals surface area contributed by atoms with E-state index in [4.69, 9.17) is 11.6 Å². The maximum absolute atomic E-state index is 12.3. The number of rotatable bonds is 7. The van der Waals surface area contributed by atoms with Crippen molar-refractivity contribution in [2.45, 2.75) is 20.0 Å². The van der Waals surface area contributed by atoms with E-state index in [0.29, 0.717) is 6.54 Å². The number of aromatic nitrogens is 4. The number of nitrogens with one attached hydrogen (secondary N) is 1. The van der Waals surface area contributed by atoms with Gasteiger partial charge in [0.15, 0.2) is 5.82 Å². The molecule has 29 heavy (non-hydrogen) atoms. The van der Waals surface area contributed by atoms with Gasteiger partial charge in [-0.15, -0.1) is 0 Å². The average Bonchev–Trinajstić information content (AvgIpc) is 3.16. The van der Waals surface area contributed by atoms with E-state index in [2.05, 4.69) is 15.5 Å². The first kappa shape index (κ1) is 19.9. The molecule has 0 atom stereocenters. The molecule has 0 fully saturated rings. The third-order valence-corrected chi connectivity index (χ3v) is 4.24. The van der Waals surface area contributed by atoms with E-state index in [1.807, 2.05) is 30.3 Å². The molecule has 0 aliphatic heterocycles. The third-order valence-electron chi connectivity index (χ3n) is 3.97. The van der Waals surface area contributed by atoms with Gasteiger partial charge in [0.1, 0.15) is 17.3 Å². The van der Waals surface area contributed by atoms with Gasteiger partial charge in [0.05, 0.1) is 16.6 Å². The van der Waals surface area contributed by atoms with E-state index in [1.54, 1.807) is 10.9 Å². The van der Waals surface area contributed by atoms with Crippen molar-refractivity contribution in [2.75, 3.05) is 5.32 Å². The van der Waals surface area contributed by atoms with Crippen molar-refractivity contribution >= 4 is 34.8 Å². The second-order valence-electron chi connectivity index (χ2n) is 5.99. The number of anilines is 1. The largest absolute Gasteiger partial charge is 0.468 e. The fourth-order valence-corrected chi connectivity index (χ4v) is 2.85.